The summed E-state index contributed by atoms with van der Waals surface area (Å²) >= 11 is 0. The van der Waals surface area contributed by atoms with Crippen molar-refractivity contribution in [3.05, 3.63) is 100.0 Å². The van der Waals surface area contributed by atoms with Crippen LogP contribution >= 0.6 is 0 Å². The molecule has 0 fully saturated rings. The number of pyridine rings is 1. The fourth-order valence-electron chi connectivity index (χ4n) is 3.92. The molecule has 1 aliphatic rings. The summed E-state index contributed by atoms with van der Waals surface area (Å²) in [6.45, 7) is 2.83. The van der Waals surface area contributed by atoms with E-state index in [-0.39, 0.29) is 28.8 Å². The molecular weight excluding hydrogens is 390 g/mol. The summed E-state index contributed by atoms with van der Waals surface area (Å²) in [7, 11) is 1.75. The number of unbranched alkanes of at least 4 members (excludes halogenated alkanes) is 1. The van der Waals surface area contributed by atoms with Gasteiger partial charge in [-0.2, -0.15) is 0 Å². The van der Waals surface area contributed by atoms with Crippen LogP contribution in [0.5, 0.6) is 5.75 Å². The van der Waals surface area contributed by atoms with E-state index in [1.807, 2.05) is 36.4 Å². The lowest BCUT2D eigenvalue weighted by Gasteiger charge is -2.43. The summed E-state index contributed by atoms with van der Waals surface area (Å²) in [6, 6.07) is 21.7. The van der Waals surface area contributed by atoms with Crippen LogP contribution in [0.4, 0.5) is 0 Å². The van der Waals surface area contributed by atoms with Crippen molar-refractivity contribution >= 4 is 5.91 Å². The SMILES string of the molecule is CCCCOc1c2n(ccc1=O)N(C(c1ccccc1)c1ccccc1)CN(C)C2=O. The van der Waals surface area contributed by atoms with Crippen molar-refractivity contribution in [3.8, 4) is 5.75 Å². The molecule has 6 heteroatoms. The van der Waals surface area contributed by atoms with Crippen molar-refractivity contribution in [1.82, 2.24) is 9.58 Å². The van der Waals surface area contributed by atoms with E-state index in [0.717, 1.165) is 24.0 Å². The van der Waals surface area contributed by atoms with E-state index >= 15 is 0 Å². The van der Waals surface area contributed by atoms with Crippen LogP contribution in [-0.2, 0) is 0 Å². The molecule has 4 rings (SSSR count). The highest BCUT2D eigenvalue weighted by molar-refractivity contribution is 5.96. The van der Waals surface area contributed by atoms with Gasteiger partial charge in [-0.05, 0) is 17.5 Å². The number of amides is 1. The Balaban J connectivity index is 1.87. The van der Waals surface area contributed by atoms with E-state index in [2.05, 4.69) is 36.2 Å². The molecule has 0 aliphatic carbocycles. The summed E-state index contributed by atoms with van der Waals surface area (Å²) in [6.07, 6.45) is 3.44. The molecule has 0 saturated heterocycles. The number of ether oxygens (including phenoxy) is 1. The minimum atomic E-state index is -0.276. The van der Waals surface area contributed by atoms with Gasteiger partial charge in [0.2, 0.25) is 5.43 Å². The highest BCUT2D eigenvalue weighted by Gasteiger charge is 2.35. The maximum absolute atomic E-state index is 13.1. The van der Waals surface area contributed by atoms with Crippen LogP contribution in [-0.4, -0.2) is 35.8 Å². The molecule has 0 spiro atoms. The molecular formula is C25H27N3O3. The number of aromatic nitrogens is 1. The first kappa shape index (κ1) is 20.7. The van der Waals surface area contributed by atoms with E-state index in [4.69, 9.17) is 4.74 Å². The van der Waals surface area contributed by atoms with E-state index in [9.17, 15) is 9.59 Å². The third-order valence-corrected chi connectivity index (χ3v) is 5.49. The molecule has 160 valence electrons. The molecule has 1 aliphatic heterocycles. The number of rotatable bonds is 7. The van der Waals surface area contributed by atoms with Gasteiger partial charge in [-0.15, -0.1) is 0 Å². The topological polar surface area (TPSA) is 54.8 Å². The Morgan fingerprint density at radius 1 is 0.935 bits per heavy atom. The number of nitrogens with zero attached hydrogens (tertiary/aromatic N) is 3. The fourth-order valence-corrected chi connectivity index (χ4v) is 3.92. The smallest absolute Gasteiger partial charge is 0.277 e. The van der Waals surface area contributed by atoms with E-state index in [0.29, 0.717) is 13.3 Å². The third-order valence-electron chi connectivity index (χ3n) is 5.49. The zero-order valence-corrected chi connectivity index (χ0v) is 17.9. The van der Waals surface area contributed by atoms with Crippen molar-refractivity contribution < 1.29 is 9.53 Å². The Hall–Kier alpha value is -3.54. The van der Waals surface area contributed by atoms with Gasteiger partial charge in [0.15, 0.2) is 11.4 Å². The number of fused-ring (bicyclic) bond motifs is 1. The summed E-state index contributed by atoms with van der Waals surface area (Å²) in [5.41, 5.74) is 2.18. The van der Waals surface area contributed by atoms with Gasteiger partial charge in [0.05, 0.1) is 12.6 Å². The number of benzene rings is 2. The second kappa shape index (κ2) is 9.08. The first-order valence-electron chi connectivity index (χ1n) is 10.6. The molecule has 6 nitrogen and oxygen atoms in total. The van der Waals surface area contributed by atoms with Gasteiger partial charge >= 0.3 is 0 Å². The van der Waals surface area contributed by atoms with Crippen molar-refractivity contribution in [3.63, 3.8) is 0 Å². The normalized spacial score (nSPS) is 13.5. The van der Waals surface area contributed by atoms with Gasteiger partial charge < -0.3 is 9.64 Å². The van der Waals surface area contributed by atoms with Gasteiger partial charge in [0, 0.05) is 19.3 Å². The van der Waals surface area contributed by atoms with Gasteiger partial charge in [0.25, 0.3) is 5.91 Å². The molecule has 0 unspecified atom stereocenters. The molecule has 0 N–H and O–H groups in total. The average Bonchev–Trinajstić information content (AvgIpc) is 2.80. The van der Waals surface area contributed by atoms with Gasteiger partial charge in [0.1, 0.15) is 6.67 Å². The highest BCUT2D eigenvalue weighted by Crippen LogP contribution is 2.31. The molecule has 0 atom stereocenters. The largest absolute Gasteiger partial charge is 0.487 e. The molecule has 0 radical (unpaired) electrons. The number of carbonyl (C=O) groups is 1. The van der Waals surface area contributed by atoms with Crippen LogP contribution < -0.4 is 15.2 Å². The second-order valence-corrected chi connectivity index (χ2v) is 7.71. The minimum absolute atomic E-state index is 0.123. The van der Waals surface area contributed by atoms with E-state index in [1.54, 1.807) is 22.8 Å². The first-order chi connectivity index (χ1) is 15.1. The third kappa shape index (κ3) is 4.06. The van der Waals surface area contributed by atoms with Crippen LogP contribution in [0.3, 0.4) is 0 Å². The predicted molar refractivity (Wildman–Crippen MR) is 121 cm³/mol. The Morgan fingerprint density at radius 3 is 2.13 bits per heavy atom. The maximum Gasteiger partial charge on any atom is 0.277 e. The van der Waals surface area contributed by atoms with Gasteiger partial charge in [-0.1, -0.05) is 74.0 Å². The van der Waals surface area contributed by atoms with Crippen LogP contribution in [0.1, 0.15) is 47.4 Å². The van der Waals surface area contributed by atoms with Crippen molar-refractivity contribution in [2.75, 3.05) is 25.3 Å². The molecule has 31 heavy (non-hydrogen) atoms. The summed E-state index contributed by atoms with van der Waals surface area (Å²) in [5.74, 6) is -0.0994. The first-order valence-corrected chi connectivity index (χ1v) is 10.6. The summed E-state index contributed by atoms with van der Waals surface area (Å²) in [4.78, 5) is 27.4. The van der Waals surface area contributed by atoms with Crippen molar-refractivity contribution in [2.24, 2.45) is 0 Å². The number of hydrogen-bond acceptors (Lipinski definition) is 4. The zero-order chi connectivity index (χ0) is 21.8. The Labute approximate surface area is 182 Å². The van der Waals surface area contributed by atoms with E-state index < -0.39 is 0 Å². The van der Waals surface area contributed by atoms with Gasteiger partial charge in [-0.3, -0.25) is 19.3 Å². The minimum Gasteiger partial charge on any atom is -0.487 e. The lowest BCUT2D eigenvalue weighted by atomic mass is 9.98. The Morgan fingerprint density at radius 2 is 1.55 bits per heavy atom. The van der Waals surface area contributed by atoms with Crippen molar-refractivity contribution in [1.29, 1.82) is 0 Å². The van der Waals surface area contributed by atoms with Crippen LogP contribution in [0, 0.1) is 0 Å². The fraction of sp³-hybridized carbons (Fsp3) is 0.280. The molecule has 1 amide bonds. The second-order valence-electron chi connectivity index (χ2n) is 7.71. The number of carbonyl (C=O) groups excluding carboxylic acids is 1. The standard InChI is InChI=1S/C25H27N3O3/c1-3-4-17-31-24-21(29)15-16-27-23(24)25(30)26(2)18-28(27)22(19-11-7-5-8-12-19)20-13-9-6-10-14-20/h5-16,22H,3-4,17-18H2,1-2H3. The quantitative estimate of drug-likeness (QED) is 0.549. The van der Waals surface area contributed by atoms with Crippen molar-refractivity contribution in [2.45, 2.75) is 25.8 Å². The van der Waals surface area contributed by atoms with Crippen LogP contribution in [0.2, 0.25) is 0 Å². The average molecular weight is 418 g/mol. The summed E-state index contributed by atoms with van der Waals surface area (Å²) in [5, 5.41) is 2.09. The van der Waals surface area contributed by atoms with Crippen LogP contribution in [0.25, 0.3) is 0 Å². The Kier molecular flexibility index (Phi) is 6.07. The van der Waals surface area contributed by atoms with Gasteiger partial charge in [-0.25, -0.2) is 0 Å². The maximum atomic E-state index is 13.1. The lowest BCUT2D eigenvalue weighted by molar-refractivity contribution is 0.0724. The summed E-state index contributed by atoms with van der Waals surface area (Å²) < 4.78 is 7.61. The predicted octanol–water partition coefficient (Wildman–Crippen LogP) is 3.80. The molecule has 1 aromatic heterocycles. The Bertz CT molecular complexity index is 1060. The lowest BCUT2D eigenvalue weighted by Crippen LogP contribution is -2.54. The molecule has 2 heterocycles. The molecule has 3 aromatic rings. The zero-order valence-electron chi connectivity index (χ0n) is 17.9. The van der Waals surface area contributed by atoms with Crippen LogP contribution in [0.15, 0.2) is 77.7 Å². The monoisotopic (exact) mass is 417 g/mol. The molecule has 0 bridgehead atoms. The number of hydrogen-bond donors (Lipinski definition) is 0. The molecule has 0 saturated carbocycles. The van der Waals surface area contributed by atoms with E-state index in [1.165, 1.54) is 6.07 Å². The highest BCUT2D eigenvalue weighted by atomic mass is 16.5. The molecule has 2 aromatic carbocycles.